The predicted octanol–water partition coefficient (Wildman–Crippen LogP) is 2.18. The number of nitrogens with zero attached hydrogens (tertiary/aromatic N) is 2. The number of carbonyl (C=O) groups excluding carboxylic acids is 2. The summed E-state index contributed by atoms with van der Waals surface area (Å²) in [5.41, 5.74) is 2.28. The number of aliphatic carboxylic acids is 1. The van der Waals surface area contributed by atoms with E-state index in [-0.39, 0.29) is 30.0 Å². The van der Waals surface area contributed by atoms with Gasteiger partial charge in [-0.25, -0.2) is 0 Å². The van der Waals surface area contributed by atoms with Crippen LogP contribution in [0.25, 0.3) is 0 Å². The molecule has 0 unspecified atom stereocenters. The van der Waals surface area contributed by atoms with E-state index in [1.54, 1.807) is 11.9 Å². The minimum absolute atomic E-state index is 0.0317. The van der Waals surface area contributed by atoms with E-state index in [0.29, 0.717) is 25.9 Å². The standard InChI is InChI=1S/C19H26N2O4S/c1-13-4-5-14(2)16(10-13)26-12-18(23)20(3)11-17(22)21-8-6-15(7-9-21)19(24)25/h4-5,10,15H,6-9,11-12H2,1-3H3,(H,24,25). The lowest BCUT2D eigenvalue weighted by molar-refractivity contribution is -0.146. The molecule has 0 aliphatic carbocycles. The third kappa shape index (κ3) is 5.49. The molecule has 0 aromatic heterocycles. The van der Waals surface area contributed by atoms with Gasteiger partial charge in [-0.1, -0.05) is 17.7 Å². The van der Waals surface area contributed by atoms with Gasteiger partial charge in [0.1, 0.15) is 0 Å². The highest BCUT2D eigenvalue weighted by molar-refractivity contribution is 8.00. The average molecular weight is 378 g/mol. The maximum absolute atomic E-state index is 12.3. The van der Waals surface area contributed by atoms with Crippen molar-refractivity contribution >= 4 is 29.5 Å². The zero-order valence-electron chi connectivity index (χ0n) is 15.5. The third-order valence-corrected chi connectivity index (χ3v) is 5.83. The first kappa shape index (κ1) is 20.3. The molecule has 1 aliphatic rings. The van der Waals surface area contributed by atoms with Crippen LogP contribution in [-0.2, 0) is 14.4 Å². The van der Waals surface area contributed by atoms with E-state index in [0.717, 1.165) is 16.0 Å². The zero-order chi connectivity index (χ0) is 19.3. The fourth-order valence-electron chi connectivity index (χ4n) is 2.88. The number of benzene rings is 1. The molecule has 0 atom stereocenters. The summed E-state index contributed by atoms with van der Waals surface area (Å²) < 4.78 is 0. The van der Waals surface area contributed by atoms with Crippen molar-refractivity contribution in [3.05, 3.63) is 29.3 Å². The van der Waals surface area contributed by atoms with Crippen molar-refractivity contribution in [2.24, 2.45) is 5.92 Å². The normalized spacial score (nSPS) is 15.0. The van der Waals surface area contributed by atoms with Crippen LogP contribution in [0.15, 0.2) is 23.1 Å². The minimum Gasteiger partial charge on any atom is -0.481 e. The molecule has 2 rings (SSSR count). The van der Waals surface area contributed by atoms with Crippen molar-refractivity contribution in [2.75, 3.05) is 32.4 Å². The molecule has 1 aromatic carbocycles. The summed E-state index contributed by atoms with van der Waals surface area (Å²) in [7, 11) is 1.63. The number of hydrogen-bond donors (Lipinski definition) is 1. The molecule has 1 N–H and O–H groups in total. The highest BCUT2D eigenvalue weighted by Gasteiger charge is 2.27. The van der Waals surface area contributed by atoms with Crippen LogP contribution in [0.2, 0.25) is 0 Å². The van der Waals surface area contributed by atoms with Crippen molar-refractivity contribution in [1.29, 1.82) is 0 Å². The summed E-state index contributed by atoms with van der Waals surface area (Å²) in [5, 5.41) is 9.01. The van der Waals surface area contributed by atoms with Gasteiger partial charge in [0.05, 0.1) is 18.2 Å². The van der Waals surface area contributed by atoms with E-state index in [1.807, 2.05) is 26.0 Å². The van der Waals surface area contributed by atoms with Crippen LogP contribution in [0.1, 0.15) is 24.0 Å². The molecule has 142 valence electrons. The molecule has 0 bridgehead atoms. The maximum Gasteiger partial charge on any atom is 0.306 e. The molecule has 26 heavy (non-hydrogen) atoms. The summed E-state index contributed by atoms with van der Waals surface area (Å²) >= 11 is 1.48. The monoisotopic (exact) mass is 378 g/mol. The van der Waals surface area contributed by atoms with Crippen LogP contribution in [0.4, 0.5) is 0 Å². The number of likely N-dealkylation sites (tertiary alicyclic amines) is 1. The molecule has 0 spiro atoms. The van der Waals surface area contributed by atoms with Crippen LogP contribution in [0.5, 0.6) is 0 Å². The van der Waals surface area contributed by atoms with Gasteiger partial charge in [0.2, 0.25) is 11.8 Å². The number of likely N-dealkylation sites (N-methyl/N-ethyl adjacent to an activating group) is 1. The molecule has 6 nitrogen and oxygen atoms in total. The highest BCUT2D eigenvalue weighted by Crippen LogP contribution is 2.24. The average Bonchev–Trinajstić information content (AvgIpc) is 2.62. The van der Waals surface area contributed by atoms with Crippen LogP contribution in [-0.4, -0.2) is 65.1 Å². The van der Waals surface area contributed by atoms with Crippen molar-refractivity contribution in [3.63, 3.8) is 0 Å². The smallest absolute Gasteiger partial charge is 0.306 e. The molecule has 1 fully saturated rings. The van der Waals surface area contributed by atoms with Gasteiger partial charge in [0, 0.05) is 25.0 Å². The van der Waals surface area contributed by atoms with Gasteiger partial charge in [0.25, 0.3) is 0 Å². The number of piperidine rings is 1. The van der Waals surface area contributed by atoms with E-state index < -0.39 is 5.97 Å². The Balaban J connectivity index is 1.80. The summed E-state index contributed by atoms with van der Waals surface area (Å²) in [6, 6.07) is 6.14. The van der Waals surface area contributed by atoms with E-state index in [4.69, 9.17) is 5.11 Å². The lowest BCUT2D eigenvalue weighted by Gasteiger charge is -2.31. The molecule has 2 amide bonds. The number of thioether (sulfide) groups is 1. The Morgan fingerprint density at radius 3 is 2.50 bits per heavy atom. The number of amides is 2. The Hall–Kier alpha value is -2.02. The molecule has 0 saturated carbocycles. The second kappa shape index (κ2) is 9.07. The lowest BCUT2D eigenvalue weighted by atomic mass is 9.97. The van der Waals surface area contributed by atoms with Crippen molar-refractivity contribution in [2.45, 2.75) is 31.6 Å². The number of aryl methyl sites for hydroxylation is 2. The van der Waals surface area contributed by atoms with E-state index in [2.05, 4.69) is 6.07 Å². The summed E-state index contributed by atoms with van der Waals surface area (Å²) in [4.78, 5) is 39.8. The SMILES string of the molecule is Cc1ccc(C)c(SCC(=O)N(C)CC(=O)N2CCC(C(=O)O)CC2)c1. The largest absolute Gasteiger partial charge is 0.481 e. The fourth-order valence-corrected chi connectivity index (χ4v) is 3.94. The Kier molecular flexibility index (Phi) is 7.08. The zero-order valence-corrected chi connectivity index (χ0v) is 16.3. The Bertz CT molecular complexity index is 684. The van der Waals surface area contributed by atoms with E-state index >= 15 is 0 Å². The van der Waals surface area contributed by atoms with Crippen LogP contribution in [0, 0.1) is 19.8 Å². The molecule has 1 heterocycles. The second-order valence-corrected chi connectivity index (χ2v) is 7.82. The first-order valence-electron chi connectivity index (χ1n) is 8.72. The first-order chi connectivity index (χ1) is 12.3. The molecule has 0 radical (unpaired) electrons. The van der Waals surface area contributed by atoms with Crippen molar-refractivity contribution in [1.82, 2.24) is 9.80 Å². The Morgan fingerprint density at radius 1 is 1.23 bits per heavy atom. The molecule has 7 heteroatoms. The second-order valence-electron chi connectivity index (χ2n) is 6.80. The molecular weight excluding hydrogens is 352 g/mol. The summed E-state index contributed by atoms with van der Waals surface area (Å²) in [5.74, 6) is -1.10. The van der Waals surface area contributed by atoms with Gasteiger partial charge in [-0.05, 0) is 38.3 Å². The summed E-state index contributed by atoms with van der Waals surface area (Å²) in [6.07, 6.45) is 0.947. The molecular formula is C19H26N2O4S. The minimum atomic E-state index is -0.798. The van der Waals surface area contributed by atoms with Gasteiger partial charge in [-0.2, -0.15) is 0 Å². The van der Waals surface area contributed by atoms with E-state index in [1.165, 1.54) is 16.7 Å². The molecule has 1 saturated heterocycles. The van der Waals surface area contributed by atoms with Gasteiger partial charge in [0.15, 0.2) is 0 Å². The summed E-state index contributed by atoms with van der Waals surface area (Å²) in [6.45, 7) is 4.94. The molecule has 1 aromatic rings. The van der Waals surface area contributed by atoms with Crippen LogP contribution in [0.3, 0.4) is 0 Å². The quantitative estimate of drug-likeness (QED) is 0.768. The van der Waals surface area contributed by atoms with Crippen molar-refractivity contribution < 1.29 is 19.5 Å². The number of carbonyl (C=O) groups is 3. The predicted molar refractivity (Wildman–Crippen MR) is 101 cm³/mol. The number of hydrogen-bond acceptors (Lipinski definition) is 4. The van der Waals surface area contributed by atoms with Crippen LogP contribution >= 0.6 is 11.8 Å². The number of carboxylic acids is 1. The van der Waals surface area contributed by atoms with Gasteiger partial charge in [-0.3, -0.25) is 14.4 Å². The Labute approximate surface area is 158 Å². The highest BCUT2D eigenvalue weighted by atomic mass is 32.2. The number of carboxylic acid groups (broad SMARTS) is 1. The van der Waals surface area contributed by atoms with Crippen LogP contribution < -0.4 is 0 Å². The van der Waals surface area contributed by atoms with Gasteiger partial charge >= 0.3 is 5.97 Å². The fraction of sp³-hybridized carbons (Fsp3) is 0.526. The Morgan fingerprint density at radius 2 is 1.88 bits per heavy atom. The topological polar surface area (TPSA) is 77.9 Å². The van der Waals surface area contributed by atoms with E-state index in [9.17, 15) is 14.4 Å². The third-order valence-electron chi connectivity index (χ3n) is 4.69. The van der Waals surface area contributed by atoms with Gasteiger partial charge < -0.3 is 14.9 Å². The maximum atomic E-state index is 12.3. The molecule has 1 aliphatic heterocycles. The van der Waals surface area contributed by atoms with Crippen molar-refractivity contribution in [3.8, 4) is 0 Å². The lowest BCUT2D eigenvalue weighted by Crippen LogP contribution is -2.45. The number of rotatable bonds is 6. The first-order valence-corrected chi connectivity index (χ1v) is 9.71. The van der Waals surface area contributed by atoms with Gasteiger partial charge in [-0.15, -0.1) is 11.8 Å².